The SMILES string of the molecule is Cc1cccc([C@@H](N)c2ccsc2)c1C.Cl. The Kier molecular flexibility index (Phi) is 4.54. The van der Waals surface area contributed by atoms with Gasteiger partial charge in [0.15, 0.2) is 0 Å². The van der Waals surface area contributed by atoms with Gasteiger partial charge in [0.2, 0.25) is 0 Å². The number of benzene rings is 1. The summed E-state index contributed by atoms with van der Waals surface area (Å²) in [4.78, 5) is 0. The molecule has 0 saturated carbocycles. The zero-order valence-corrected chi connectivity index (χ0v) is 11.1. The number of halogens is 1. The Balaban J connectivity index is 0.00000128. The maximum absolute atomic E-state index is 6.24. The third-order valence-corrected chi connectivity index (χ3v) is 3.59. The molecule has 1 heterocycles. The number of nitrogens with two attached hydrogens (primary N) is 1. The van der Waals surface area contributed by atoms with Crippen LogP contribution in [0.3, 0.4) is 0 Å². The number of thiophene rings is 1. The summed E-state index contributed by atoms with van der Waals surface area (Å²) < 4.78 is 0. The molecule has 0 bridgehead atoms. The molecule has 0 radical (unpaired) electrons. The average Bonchev–Trinajstić information content (AvgIpc) is 2.74. The molecule has 86 valence electrons. The van der Waals surface area contributed by atoms with Crippen LogP contribution < -0.4 is 5.73 Å². The molecule has 0 saturated heterocycles. The minimum Gasteiger partial charge on any atom is -0.320 e. The molecule has 0 fully saturated rings. The zero-order chi connectivity index (χ0) is 10.8. The Morgan fingerprint density at radius 2 is 1.94 bits per heavy atom. The van der Waals surface area contributed by atoms with Crippen molar-refractivity contribution in [1.29, 1.82) is 0 Å². The van der Waals surface area contributed by atoms with Crippen molar-refractivity contribution in [2.45, 2.75) is 19.9 Å². The molecule has 1 atom stereocenters. The van der Waals surface area contributed by atoms with Gasteiger partial charge in [-0.05, 0) is 52.9 Å². The van der Waals surface area contributed by atoms with Gasteiger partial charge in [0.25, 0.3) is 0 Å². The van der Waals surface area contributed by atoms with E-state index in [1.54, 1.807) is 11.3 Å². The van der Waals surface area contributed by atoms with E-state index in [0.717, 1.165) is 0 Å². The second-order valence-electron chi connectivity index (χ2n) is 3.82. The van der Waals surface area contributed by atoms with Crippen molar-refractivity contribution in [1.82, 2.24) is 0 Å². The number of rotatable bonds is 2. The smallest absolute Gasteiger partial charge is 0.0562 e. The Bertz CT molecular complexity index is 451. The van der Waals surface area contributed by atoms with Crippen LogP contribution in [0, 0.1) is 13.8 Å². The standard InChI is InChI=1S/C13H15NS.ClH/c1-9-4-3-5-12(10(9)2)13(14)11-6-7-15-8-11;/h3-8,13H,14H2,1-2H3;1H/t13-;/m0./s1. The second-order valence-corrected chi connectivity index (χ2v) is 4.60. The monoisotopic (exact) mass is 253 g/mol. The molecular formula is C13H16ClNS. The van der Waals surface area contributed by atoms with Crippen LogP contribution >= 0.6 is 23.7 Å². The van der Waals surface area contributed by atoms with Crippen molar-refractivity contribution in [2.24, 2.45) is 5.73 Å². The quantitative estimate of drug-likeness (QED) is 0.865. The van der Waals surface area contributed by atoms with Crippen molar-refractivity contribution >= 4 is 23.7 Å². The van der Waals surface area contributed by atoms with E-state index >= 15 is 0 Å². The minimum atomic E-state index is 0. The van der Waals surface area contributed by atoms with Crippen LogP contribution in [-0.2, 0) is 0 Å². The predicted molar refractivity (Wildman–Crippen MR) is 73.5 cm³/mol. The van der Waals surface area contributed by atoms with E-state index in [1.165, 1.54) is 22.3 Å². The first kappa shape index (κ1) is 13.2. The topological polar surface area (TPSA) is 26.0 Å². The number of aryl methyl sites for hydroxylation is 1. The van der Waals surface area contributed by atoms with Crippen LogP contribution in [0.25, 0.3) is 0 Å². The van der Waals surface area contributed by atoms with E-state index in [-0.39, 0.29) is 18.4 Å². The summed E-state index contributed by atoms with van der Waals surface area (Å²) in [5.74, 6) is 0. The molecule has 16 heavy (non-hydrogen) atoms. The molecule has 0 unspecified atom stereocenters. The van der Waals surface area contributed by atoms with E-state index < -0.39 is 0 Å². The highest BCUT2D eigenvalue weighted by Gasteiger charge is 2.12. The van der Waals surface area contributed by atoms with Crippen LogP contribution in [0.15, 0.2) is 35.0 Å². The van der Waals surface area contributed by atoms with Crippen molar-refractivity contribution in [2.75, 3.05) is 0 Å². The summed E-state index contributed by atoms with van der Waals surface area (Å²) in [6.07, 6.45) is 0. The summed E-state index contributed by atoms with van der Waals surface area (Å²) in [5, 5.41) is 4.19. The lowest BCUT2D eigenvalue weighted by molar-refractivity contribution is 0.864. The lowest BCUT2D eigenvalue weighted by Gasteiger charge is -2.15. The van der Waals surface area contributed by atoms with Crippen LogP contribution in [0.2, 0.25) is 0 Å². The van der Waals surface area contributed by atoms with Crippen LogP contribution in [0.4, 0.5) is 0 Å². The molecule has 1 nitrogen and oxygen atoms in total. The maximum atomic E-state index is 6.24. The van der Waals surface area contributed by atoms with Crippen LogP contribution in [0.5, 0.6) is 0 Å². The zero-order valence-electron chi connectivity index (χ0n) is 9.44. The highest BCUT2D eigenvalue weighted by Crippen LogP contribution is 2.25. The fourth-order valence-corrected chi connectivity index (χ4v) is 2.44. The van der Waals surface area contributed by atoms with Crippen molar-refractivity contribution < 1.29 is 0 Å². The summed E-state index contributed by atoms with van der Waals surface area (Å²) in [5.41, 5.74) is 11.3. The Labute approximate surface area is 107 Å². The van der Waals surface area contributed by atoms with E-state index in [4.69, 9.17) is 5.73 Å². The van der Waals surface area contributed by atoms with Crippen LogP contribution in [0.1, 0.15) is 28.3 Å². The molecule has 0 aliphatic rings. The summed E-state index contributed by atoms with van der Waals surface area (Å²) in [7, 11) is 0. The largest absolute Gasteiger partial charge is 0.320 e. The minimum absolute atomic E-state index is 0. The summed E-state index contributed by atoms with van der Waals surface area (Å²) >= 11 is 1.69. The Hall–Kier alpha value is -0.830. The van der Waals surface area contributed by atoms with Gasteiger partial charge in [0.1, 0.15) is 0 Å². The molecule has 2 rings (SSSR count). The van der Waals surface area contributed by atoms with Gasteiger partial charge in [-0.1, -0.05) is 18.2 Å². The van der Waals surface area contributed by atoms with Gasteiger partial charge >= 0.3 is 0 Å². The fraction of sp³-hybridized carbons (Fsp3) is 0.231. The van der Waals surface area contributed by atoms with Crippen molar-refractivity contribution in [3.05, 3.63) is 57.3 Å². The molecule has 1 aromatic carbocycles. The first-order chi connectivity index (χ1) is 7.20. The third-order valence-electron chi connectivity index (χ3n) is 2.88. The van der Waals surface area contributed by atoms with Gasteiger partial charge in [-0.25, -0.2) is 0 Å². The molecule has 3 heteroatoms. The summed E-state index contributed by atoms with van der Waals surface area (Å²) in [6.45, 7) is 4.26. The van der Waals surface area contributed by atoms with Gasteiger partial charge in [0, 0.05) is 0 Å². The lowest BCUT2D eigenvalue weighted by Crippen LogP contribution is -2.12. The molecule has 0 aliphatic heterocycles. The summed E-state index contributed by atoms with van der Waals surface area (Å²) in [6, 6.07) is 8.42. The van der Waals surface area contributed by atoms with Gasteiger partial charge < -0.3 is 5.73 Å². The number of hydrogen-bond donors (Lipinski definition) is 1. The van der Waals surface area contributed by atoms with Gasteiger partial charge in [-0.3, -0.25) is 0 Å². The first-order valence-electron chi connectivity index (χ1n) is 5.04. The van der Waals surface area contributed by atoms with Gasteiger partial charge in [-0.2, -0.15) is 11.3 Å². The number of hydrogen-bond acceptors (Lipinski definition) is 2. The average molecular weight is 254 g/mol. The predicted octanol–water partition coefficient (Wildman–Crippen LogP) is 3.83. The van der Waals surface area contributed by atoms with E-state index in [9.17, 15) is 0 Å². The molecule has 1 aromatic heterocycles. The van der Waals surface area contributed by atoms with Gasteiger partial charge in [-0.15, -0.1) is 12.4 Å². The highest BCUT2D eigenvalue weighted by molar-refractivity contribution is 7.08. The van der Waals surface area contributed by atoms with Crippen molar-refractivity contribution in [3.63, 3.8) is 0 Å². The van der Waals surface area contributed by atoms with E-state index in [2.05, 4.69) is 48.9 Å². The van der Waals surface area contributed by atoms with Crippen LogP contribution in [-0.4, -0.2) is 0 Å². The van der Waals surface area contributed by atoms with E-state index in [1.807, 2.05) is 0 Å². The molecule has 2 aromatic rings. The molecule has 0 amide bonds. The van der Waals surface area contributed by atoms with E-state index in [0.29, 0.717) is 0 Å². The molecular weight excluding hydrogens is 238 g/mol. The van der Waals surface area contributed by atoms with Gasteiger partial charge in [0.05, 0.1) is 6.04 Å². The Morgan fingerprint density at radius 3 is 2.56 bits per heavy atom. The molecule has 2 N–H and O–H groups in total. The molecule has 0 spiro atoms. The lowest BCUT2D eigenvalue weighted by atomic mass is 9.95. The second kappa shape index (κ2) is 5.48. The highest BCUT2D eigenvalue weighted by atomic mass is 35.5. The Morgan fingerprint density at radius 1 is 1.19 bits per heavy atom. The molecule has 0 aliphatic carbocycles. The third kappa shape index (κ3) is 2.46. The maximum Gasteiger partial charge on any atom is 0.0562 e. The van der Waals surface area contributed by atoms with Crippen molar-refractivity contribution in [3.8, 4) is 0 Å². The normalized spacial score (nSPS) is 11.9. The fourth-order valence-electron chi connectivity index (χ4n) is 1.74. The first-order valence-corrected chi connectivity index (χ1v) is 5.98.